The highest BCUT2D eigenvalue weighted by Gasteiger charge is 2.12. The Morgan fingerprint density at radius 3 is 2.38 bits per heavy atom. The van der Waals surface area contributed by atoms with E-state index < -0.39 is 0 Å². The van der Waals surface area contributed by atoms with Crippen LogP contribution in [0.1, 0.15) is 46.0 Å². The summed E-state index contributed by atoms with van der Waals surface area (Å²) >= 11 is 0. The van der Waals surface area contributed by atoms with Gasteiger partial charge in [-0.05, 0) is 24.7 Å². The molecule has 0 atom stereocenters. The lowest BCUT2D eigenvalue weighted by atomic mass is 9.86. The average Bonchev–Trinajstić information content (AvgIpc) is 2.15. The van der Waals surface area contributed by atoms with Gasteiger partial charge < -0.3 is 5.73 Å². The summed E-state index contributed by atoms with van der Waals surface area (Å²) < 4.78 is 0. The van der Waals surface area contributed by atoms with E-state index in [1.54, 1.807) is 0 Å². The summed E-state index contributed by atoms with van der Waals surface area (Å²) in [5.74, 6) is 1.46. The summed E-state index contributed by atoms with van der Waals surface area (Å²) in [6.45, 7) is 5.22. The van der Waals surface area contributed by atoms with E-state index in [0.717, 1.165) is 12.5 Å². The van der Waals surface area contributed by atoms with Crippen molar-refractivity contribution in [1.82, 2.24) is 0 Å². The largest absolute Gasteiger partial charge is 0.327 e. The topological polar surface area (TPSA) is 26.0 Å². The molecule has 1 fully saturated rings. The molecule has 1 heteroatoms. The molecule has 0 radical (unpaired) electrons. The molecule has 0 aliphatic heterocycles. The highest BCUT2D eigenvalue weighted by molar-refractivity contribution is 5.08. The summed E-state index contributed by atoms with van der Waals surface area (Å²) in [4.78, 5) is 0. The molecule has 0 saturated heterocycles. The number of allylic oxidation sites excluding steroid dienone is 1. The SMILES string of the molecule is CC(C)C(=CC1CCCCC1)CN. The zero-order chi connectivity index (χ0) is 9.68. The first kappa shape index (κ1) is 10.8. The Morgan fingerprint density at radius 1 is 1.31 bits per heavy atom. The molecule has 0 aromatic carbocycles. The van der Waals surface area contributed by atoms with Crippen molar-refractivity contribution in [1.29, 1.82) is 0 Å². The summed E-state index contributed by atoms with van der Waals surface area (Å²) in [6, 6.07) is 0. The third-order valence-corrected chi connectivity index (χ3v) is 3.08. The maximum Gasteiger partial charge on any atom is 0.0139 e. The molecule has 76 valence electrons. The van der Waals surface area contributed by atoms with E-state index in [2.05, 4.69) is 19.9 Å². The van der Waals surface area contributed by atoms with Gasteiger partial charge in [0, 0.05) is 6.54 Å². The van der Waals surface area contributed by atoms with Crippen LogP contribution in [0.3, 0.4) is 0 Å². The van der Waals surface area contributed by atoms with Crippen LogP contribution in [0.2, 0.25) is 0 Å². The van der Waals surface area contributed by atoms with Gasteiger partial charge in [-0.25, -0.2) is 0 Å². The van der Waals surface area contributed by atoms with Gasteiger partial charge in [-0.3, -0.25) is 0 Å². The zero-order valence-electron chi connectivity index (χ0n) is 9.05. The quantitative estimate of drug-likeness (QED) is 0.665. The molecule has 0 spiro atoms. The smallest absolute Gasteiger partial charge is 0.0139 e. The van der Waals surface area contributed by atoms with Gasteiger partial charge in [0.2, 0.25) is 0 Å². The van der Waals surface area contributed by atoms with Gasteiger partial charge in [-0.1, -0.05) is 44.8 Å². The highest BCUT2D eigenvalue weighted by Crippen LogP contribution is 2.26. The molecule has 1 aliphatic carbocycles. The Labute approximate surface area is 82.4 Å². The Kier molecular flexibility index (Phi) is 4.51. The normalized spacial score (nSPS) is 21.1. The van der Waals surface area contributed by atoms with Crippen LogP contribution in [0.25, 0.3) is 0 Å². The Balaban J connectivity index is 2.49. The maximum atomic E-state index is 5.72. The summed E-state index contributed by atoms with van der Waals surface area (Å²) in [5.41, 5.74) is 7.17. The number of nitrogens with two attached hydrogens (primary N) is 1. The van der Waals surface area contributed by atoms with Gasteiger partial charge >= 0.3 is 0 Å². The van der Waals surface area contributed by atoms with Gasteiger partial charge in [0.25, 0.3) is 0 Å². The molecule has 13 heavy (non-hydrogen) atoms. The van der Waals surface area contributed by atoms with Crippen molar-refractivity contribution in [2.45, 2.75) is 46.0 Å². The number of hydrogen-bond acceptors (Lipinski definition) is 1. The molecule has 2 N–H and O–H groups in total. The molecule has 1 aliphatic rings. The van der Waals surface area contributed by atoms with Crippen LogP contribution in [-0.2, 0) is 0 Å². The van der Waals surface area contributed by atoms with Crippen molar-refractivity contribution in [3.8, 4) is 0 Å². The van der Waals surface area contributed by atoms with Crippen LogP contribution >= 0.6 is 0 Å². The van der Waals surface area contributed by atoms with E-state index in [1.807, 2.05) is 0 Å². The Hall–Kier alpha value is -0.300. The minimum absolute atomic E-state index is 0.631. The first-order valence-electron chi connectivity index (χ1n) is 5.64. The summed E-state index contributed by atoms with van der Waals surface area (Å²) in [6.07, 6.45) is 9.48. The van der Waals surface area contributed by atoms with E-state index >= 15 is 0 Å². The first-order chi connectivity index (χ1) is 6.24. The molecular formula is C12H23N. The molecule has 0 amide bonds. The van der Waals surface area contributed by atoms with Crippen LogP contribution in [0, 0.1) is 11.8 Å². The van der Waals surface area contributed by atoms with E-state index in [0.29, 0.717) is 5.92 Å². The van der Waals surface area contributed by atoms with Crippen molar-refractivity contribution < 1.29 is 0 Å². The van der Waals surface area contributed by atoms with Crippen LogP contribution in [-0.4, -0.2) is 6.54 Å². The predicted molar refractivity (Wildman–Crippen MR) is 58.6 cm³/mol. The second kappa shape index (κ2) is 5.43. The predicted octanol–water partition coefficient (Wildman–Crippen LogP) is 3.11. The van der Waals surface area contributed by atoms with Gasteiger partial charge in [0.05, 0.1) is 0 Å². The molecule has 0 aromatic rings. The van der Waals surface area contributed by atoms with Crippen molar-refractivity contribution >= 4 is 0 Å². The van der Waals surface area contributed by atoms with Crippen molar-refractivity contribution in [3.63, 3.8) is 0 Å². The molecular weight excluding hydrogens is 158 g/mol. The van der Waals surface area contributed by atoms with Crippen LogP contribution in [0.5, 0.6) is 0 Å². The van der Waals surface area contributed by atoms with Gasteiger partial charge in [0.1, 0.15) is 0 Å². The van der Waals surface area contributed by atoms with Gasteiger partial charge in [-0.2, -0.15) is 0 Å². The highest BCUT2D eigenvalue weighted by atomic mass is 14.5. The Bertz CT molecular complexity index is 164. The summed E-state index contributed by atoms with van der Waals surface area (Å²) in [5, 5.41) is 0. The fraction of sp³-hybridized carbons (Fsp3) is 0.833. The lowest BCUT2D eigenvalue weighted by molar-refractivity contribution is 0.415. The van der Waals surface area contributed by atoms with E-state index in [-0.39, 0.29) is 0 Å². The molecule has 0 heterocycles. The Morgan fingerprint density at radius 2 is 1.92 bits per heavy atom. The molecule has 1 nitrogen and oxygen atoms in total. The van der Waals surface area contributed by atoms with Crippen LogP contribution < -0.4 is 5.73 Å². The minimum atomic E-state index is 0.631. The lowest BCUT2D eigenvalue weighted by Crippen LogP contribution is -2.12. The number of hydrogen-bond donors (Lipinski definition) is 1. The standard InChI is InChI=1S/C12H23N/c1-10(2)12(9-13)8-11-6-4-3-5-7-11/h8,10-11H,3-7,9,13H2,1-2H3. The monoisotopic (exact) mass is 181 g/mol. The third-order valence-electron chi connectivity index (χ3n) is 3.08. The average molecular weight is 181 g/mol. The van der Waals surface area contributed by atoms with E-state index in [9.17, 15) is 0 Å². The second-order valence-electron chi connectivity index (χ2n) is 4.50. The molecule has 1 saturated carbocycles. The third kappa shape index (κ3) is 3.51. The fourth-order valence-electron chi connectivity index (χ4n) is 2.10. The van der Waals surface area contributed by atoms with E-state index in [1.165, 1.54) is 37.7 Å². The van der Waals surface area contributed by atoms with Crippen molar-refractivity contribution in [3.05, 3.63) is 11.6 Å². The zero-order valence-corrected chi connectivity index (χ0v) is 9.05. The van der Waals surface area contributed by atoms with E-state index in [4.69, 9.17) is 5.73 Å². The molecule has 0 aromatic heterocycles. The fourth-order valence-corrected chi connectivity index (χ4v) is 2.10. The maximum absolute atomic E-state index is 5.72. The van der Waals surface area contributed by atoms with Crippen LogP contribution in [0.4, 0.5) is 0 Å². The molecule has 0 unspecified atom stereocenters. The minimum Gasteiger partial charge on any atom is -0.327 e. The summed E-state index contributed by atoms with van der Waals surface area (Å²) in [7, 11) is 0. The molecule has 1 rings (SSSR count). The van der Waals surface area contributed by atoms with Crippen LogP contribution in [0.15, 0.2) is 11.6 Å². The number of rotatable bonds is 3. The van der Waals surface area contributed by atoms with Crippen molar-refractivity contribution in [2.75, 3.05) is 6.54 Å². The van der Waals surface area contributed by atoms with Gasteiger partial charge in [0.15, 0.2) is 0 Å². The lowest BCUT2D eigenvalue weighted by Gasteiger charge is -2.20. The first-order valence-corrected chi connectivity index (χ1v) is 5.64. The van der Waals surface area contributed by atoms with Crippen molar-refractivity contribution in [2.24, 2.45) is 17.6 Å². The van der Waals surface area contributed by atoms with Gasteiger partial charge in [-0.15, -0.1) is 0 Å². The molecule has 0 bridgehead atoms. The second-order valence-corrected chi connectivity index (χ2v) is 4.50.